The van der Waals surface area contributed by atoms with Crippen molar-refractivity contribution >= 4 is 131 Å². The summed E-state index contributed by atoms with van der Waals surface area (Å²) < 4.78 is 45.9. The van der Waals surface area contributed by atoms with Gasteiger partial charge in [-0.25, -0.2) is 33.8 Å². The first kappa shape index (κ1) is 84.9. The third kappa shape index (κ3) is 24.0. The molecule has 3 aliphatic heterocycles. The monoisotopic (exact) mass is 1600 g/mol. The number of hydrogen-bond donors (Lipinski definition) is 14. The van der Waals surface area contributed by atoms with Gasteiger partial charge in [-0.3, -0.25) is 16.3 Å². The molecule has 9 heterocycles. The van der Waals surface area contributed by atoms with E-state index in [0.29, 0.717) is 71.4 Å². The van der Waals surface area contributed by atoms with E-state index in [2.05, 4.69) is 113 Å². The molecular weight excluding hydrogens is 1510 g/mol. The van der Waals surface area contributed by atoms with Crippen LogP contribution in [0, 0.1) is 0 Å². The maximum Gasteiger partial charge on any atom is 0.250 e. The molecule has 606 valence electrons. The maximum atomic E-state index is 11.4. The van der Waals surface area contributed by atoms with Gasteiger partial charge in [0.2, 0.25) is 53.5 Å². The molecular formula is C67H95N27O15Si3-6. The molecule has 0 radical (unpaired) electrons. The summed E-state index contributed by atoms with van der Waals surface area (Å²) in [4.78, 5) is 106. The number of hydrazine groups is 3. The summed E-state index contributed by atoms with van der Waals surface area (Å²) in [5.41, 5.74) is 20.9. The van der Waals surface area contributed by atoms with Crippen LogP contribution in [-0.2, 0) is 33.2 Å². The minimum Gasteiger partial charge on any atom is -0.870 e. The molecule has 0 saturated carbocycles. The average Bonchev–Trinajstić information content (AvgIpc) is 1.64. The fourth-order valence-corrected chi connectivity index (χ4v) is 15.1. The first-order chi connectivity index (χ1) is 53.9. The van der Waals surface area contributed by atoms with E-state index >= 15 is 0 Å². The first-order valence-electron chi connectivity index (χ1n) is 36.0. The van der Waals surface area contributed by atoms with Gasteiger partial charge in [0.1, 0.15) is 37.0 Å². The molecule has 0 spiro atoms. The van der Waals surface area contributed by atoms with E-state index in [-0.39, 0.29) is 127 Å². The number of rotatable bonds is 37. The van der Waals surface area contributed by atoms with Gasteiger partial charge in [-0.2, -0.15) is 85.8 Å². The summed E-state index contributed by atoms with van der Waals surface area (Å²) in [7, 11) is -4.27. The Morgan fingerprint density at radius 2 is 0.759 bits per heavy atom. The van der Waals surface area contributed by atoms with Crippen LogP contribution < -0.4 is 94.8 Å². The van der Waals surface area contributed by atoms with E-state index in [0.717, 1.165) is 49.4 Å². The molecule has 0 bridgehead atoms. The topological polar surface area (TPSA) is 598 Å². The summed E-state index contributed by atoms with van der Waals surface area (Å²) in [6.07, 6.45) is 11.2. The number of benzene rings is 3. The molecule has 12 rings (SSSR count). The number of aromatic nitrogens is 12. The number of methoxy groups -OCH3 is 4. The van der Waals surface area contributed by atoms with Gasteiger partial charge in [-0.05, 0) is 37.5 Å². The van der Waals surface area contributed by atoms with Crippen molar-refractivity contribution in [2.75, 3.05) is 116 Å². The Morgan fingerprint density at radius 3 is 1.08 bits per heavy atom. The Balaban J connectivity index is 0.000000178. The van der Waals surface area contributed by atoms with Gasteiger partial charge < -0.3 is 102 Å². The van der Waals surface area contributed by atoms with Crippen molar-refractivity contribution in [3.8, 4) is 0 Å². The molecule has 9 aromatic rings. The predicted octanol–water partition coefficient (Wildman–Crippen LogP) is -1.00. The van der Waals surface area contributed by atoms with Crippen molar-refractivity contribution in [2.45, 2.75) is 132 Å². The normalized spacial score (nSPS) is 20.0. The molecule has 45 heteroatoms. The summed E-state index contributed by atoms with van der Waals surface area (Å²) in [5.74, 6) is 17.9. The lowest BCUT2D eigenvalue weighted by molar-refractivity contribution is -0.369. The molecule has 3 saturated heterocycles. The lowest BCUT2D eigenvalue weighted by atomic mass is 10.2. The van der Waals surface area contributed by atoms with Crippen LogP contribution in [0.1, 0.15) is 73.9 Å². The van der Waals surface area contributed by atoms with E-state index in [1.54, 1.807) is 47.1 Å². The van der Waals surface area contributed by atoms with Crippen LogP contribution in [-0.4, -0.2) is 218 Å². The summed E-state index contributed by atoms with van der Waals surface area (Å²) in [5, 5.41) is 44.7. The number of para-hydroxylation sites is 3. The van der Waals surface area contributed by atoms with E-state index in [1.807, 2.05) is 101 Å². The standard InChI is InChI=1S/C23H33N9O5Si.2C22H31N9O5Si/c1-35-14-19-18(36-2)11-20(37-19)32-13-15(16-7-4-5-8-17(16)32)12-26-31-23-28-21(27-22(29-23)30-24)25-9-6-10-38(3,33)34;1-35-13-18-17(32)10-19(36-18)31-12-14(15-6-3-4-7-16(15)31)11-25-30-22-27-20(26-21(28-22)29-23)24-8-5-9-37(2,33)34;1-35-17-10-19(36-18(17)13-32)31-12-14(15-6-3-4-7-16(15)31)11-25-30-22-27-20(26-21(28-22)29-23)24-8-5-9-37(2,33)34/h4-5,7-8,12-13,18-20H,6,9-11,14,24H2,1-3H3,(H3,25,27,28,29,30,31);2*3-4,6-7,11-12,17-19,32H,5,8-10,13,23H2,1-2H3,(H3,24,26,27,28,29,30)/q3*-2/t18-,19-,20-;2*17-,18-,19-/m111/s1. The van der Waals surface area contributed by atoms with Crippen molar-refractivity contribution in [1.29, 1.82) is 0 Å². The third-order valence-corrected chi connectivity index (χ3v) is 21.7. The number of nitrogens with zero attached hydrogens (tertiary/aromatic N) is 15. The zero-order chi connectivity index (χ0) is 80.0. The highest BCUT2D eigenvalue weighted by Gasteiger charge is 2.39. The number of nitrogens with one attached hydrogen (secondary N) is 9. The van der Waals surface area contributed by atoms with E-state index in [4.69, 9.17) is 50.7 Å². The van der Waals surface area contributed by atoms with E-state index in [9.17, 15) is 39.0 Å². The Morgan fingerprint density at radius 1 is 0.455 bits per heavy atom. The molecule has 9 atom stereocenters. The number of aliphatic hydroxyl groups excluding tert-OH is 2. The largest absolute Gasteiger partial charge is 0.870 e. The van der Waals surface area contributed by atoms with Crippen LogP contribution in [0.15, 0.2) is 107 Å². The molecule has 0 amide bonds. The van der Waals surface area contributed by atoms with Crippen LogP contribution in [0.25, 0.3) is 32.7 Å². The smallest absolute Gasteiger partial charge is 0.250 e. The Labute approximate surface area is 647 Å². The second-order valence-electron chi connectivity index (χ2n) is 26.8. The summed E-state index contributed by atoms with van der Waals surface area (Å²) >= 11 is 0. The highest BCUT2D eigenvalue weighted by Crippen LogP contribution is 2.38. The molecule has 3 fully saturated rings. The number of ether oxygens (including phenoxy) is 7. The molecule has 3 aliphatic rings. The van der Waals surface area contributed by atoms with E-state index < -0.39 is 31.8 Å². The zero-order valence-corrected chi connectivity index (χ0v) is 65.8. The number of aliphatic hydroxyl groups is 2. The highest BCUT2D eigenvalue weighted by atomic mass is 28.4. The summed E-state index contributed by atoms with van der Waals surface area (Å²) in [6, 6.07) is 24.0. The van der Waals surface area contributed by atoms with Gasteiger partial charge in [0.15, 0.2) is 0 Å². The van der Waals surface area contributed by atoms with Crippen molar-refractivity contribution in [3.63, 3.8) is 0 Å². The fourth-order valence-electron chi connectivity index (χ4n) is 12.7. The first-order valence-corrected chi connectivity index (χ1v) is 43.5. The number of anilines is 9. The second kappa shape index (κ2) is 40.3. The van der Waals surface area contributed by atoms with Crippen LogP contribution in [0.3, 0.4) is 0 Å². The Hall–Kier alpha value is -9.55. The Kier molecular flexibility index (Phi) is 30.5. The van der Waals surface area contributed by atoms with Crippen LogP contribution in [0.4, 0.5) is 53.5 Å². The second-order valence-corrected chi connectivity index (χ2v) is 35.1. The molecule has 0 aliphatic carbocycles. The van der Waals surface area contributed by atoms with Crippen molar-refractivity contribution < 1.29 is 72.1 Å². The SMILES string of the molecule is COC[C@H]1O[C@@H](n2cc(C=NNc3nc(NN)nc(NCCC[Si](C)([O-])[O-])n3)c3ccccc32)C[C@H]1O.COC[C@H]1O[C@@H](n2cc(C=NNc3nc(NN)nc(NCCC[Si](C)([O-])[O-])n3)c3ccccc32)C[C@H]1OC.CO[C@@H]1C[C@H](n2cc(C=NNc3nc(NN)nc(NCCC[Si](C)([O-])[O-])n3)c3ccccc32)O[C@@H]1CO. The quantitative estimate of drug-likeness (QED) is 0.00730. The van der Waals surface area contributed by atoms with Gasteiger partial charge >= 0.3 is 0 Å². The van der Waals surface area contributed by atoms with Crippen molar-refractivity contribution in [2.24, 2.45) is 32.8 Å². The summed E-state index contributed by atoms with van der Waals surface area (Å²) in [6.45, 7) is 5.50. The van der Waals surface area contributed by atoms with Gasteiger partial charge in [0.05, 0.1) is 73.3 Å². The molecule has 3 aromatic carbocycles. The Bertz CT molecular complexity index is 4560. The average molecular weight is 1600 g/mol. The minimum atomic E-state index is -3.60. The van der Waals surface area contributed by atoms with Gasteiger partial charge in [0, 0.05) is 119 Å². The predicted molar refractivity (Wildman–Crippen MR) is 415 cm³/mol. The van der Waals surface area contributed by atoms with E-state index in [1.165, 1.54) is 19.6 Å². The number of nitrogen functional groups attached to an aromatic ring is 3. The zero-order valence-electron chi connectivity index (χ0n) is 62.8. The van der Waals surface area contributed by atoms with Crippen molar-refractivity contribution in [1.82, 2.24) is 58.6 Å². The van der Waals surface area contributed by atoms with Crippen LogP contribution in [0.2, 0.25) is 37.8 Å². The number of hydrazone groups is 3. The van der Waals surface area contributed by atoms with Crippen molar-refractivity contribution in [3.05, 3.63) is 108 Å². The molecule has 6 aromatic heterocycles. The molecule has 17 N–H and O–H groups in total. The third-order valence-electron chi connectivity index (χ3n) is 17.9. The van der Waals surface area contributed by atoms with Gasteiger partial charge in [-0.15, -0.1) is 0 Å². The number of nitrogens with two attached hydrogens (primary N) is 3. The highest BCUT2D eigenvalue weighted by molar-refractivity contribution is 6.60. The molecule has 42 nitrogen and oxygen atoms in total. The van der Waals surface area contributed by atoms with Crippen LogP contribution >= 0.6 is 0 Å². The van der Waals surface area contributed by atoms with Gasteiger partial charge in [-0.1, -0.05) is 92.4 Å². The minimum absolute atomic E-state index is 0.0657. The lowest BCUT2D eigenvalue weighted by Crippen LogP contribution is -2.59. The molecule has 0 unspecified atom stereocenters. The molecule has 112 heavy (non-hydrogen) atoms. The van der Waals surface area contributed by atoms with Gasteiger partial charge in [0.25, 0.3) is 0 Å². The number of hydrogen-bond acceptors (Lipinski definition) is 39. The lowest BCUT2D eigenvalue weighted by Gasteiger charge is -2.43. The number of fused-ring (bicyclic) bond motifs is 3. The fraction of sp³-hybridized carbons (Fsp3) is 0.463. The maximum absolute atomic E-state index is 11.4. The van der Waals surface area contributed by atoms with Crippen LogP contribution in [0.5, 0.6) is 0 Å².